The highest BCUT2D eigenvalue weighted by molar-refractivity contribution is 9.10. The van der Waals surface area contributed by atoms with Crippen molar-refractivity contribution >= 4 is 38.4 Å². The van der Waals surface area contributed by atoms with E-state index in [1.165, 1.54) is 5.56 Å². The van der Waals surface area contributed by atoms with E-state index in [0.29, 0.717) is 5.02 Å². The number of rotatable bonds is 3. The van der Waals surface area contributed by atoms with Crippen LogP contribution in [0.2, 0.25) is 5.02 Å². The molecule has 3 rings (SSSR count). The Bertz CT molecular complexity index is 783. The average molecular weight is 362 g/mol. The van der Waals surface area contributed by atoms with Crippen LogP contribution in [0.25, 0.3) is 10.9 Å². The summed E-state index contributed by atoms with van der Waals surface area (Å²) < 4.78 is 0.905. The molecule has 0 saturated carbocycles. The molecule has 0 bridgehead atoms. The van der Waals surface area contributed by atoms with Gasteiger partial charge in [0.25, 0.3) is 0 Å². The summed E-state index contributed by atoms with van der Waals surface area (Å²) >= 11 is 9.67. The maximum Gasteiger partial charge on any atom is 0.0705 e. The molecule has 2 aromatic carbocycles. The van der Waals surface area contributed by atoms with E-state index in [-0.39, 0.29) is 6.04 Å². The van der Waals surface area contributed by atoms with Crippen LogP contribution in [0.4, 0.5) is 0 Å². The van der Waals surface area contributed by atoms with Gasteiger partial charge in [-0.2, -0.15) is 0 Å². The fourth-order valence-electron chi connectivity index (χ4n) is 2.57. The Morgan fingerprint density at radius 2 is 2.00 bits per heavy atom. The summed E-state index contributed by atoms with van der Waals surface area (Å²) in [6.45, 7) is 0. The Morgan fingerprint density at radius 1 is 1.14 bits per heavy atom. The molecule has 1 atom stereocenters. The minimum absolute atomic E-state index is 0.0727. The SMILES string of the molecule is CNC(c1ccc(Br)c(Cl)c1)c1cccc2ncccc12. The predicted octanol–water partition coefficient (Wildman–Crippen LogP) is 4.96. The Morgan fingerprint density at radius 3 is 2.76 bits per heavy atom. The Balaban J connectivity index is 2.16. The number of hydrogen-bond donors (Lipinski definition) is 1. The molecule has 106 valence electrons. The minimum atomic E-state index is 0.0727. The van der Waals surface area contributed by atoms with Crippen molar-refractivity contribution in [2.75, 3.05) is 7.05 Å². The molecule has 2 nitrogen and oxygen atoms in total. The van der Waals surface area contributed by atoms with E-state index in [1.807, 2.05) is 43.6 Å². The fraction of sp³-hybridized carbons (Fsp3) is 0.118. The molecule has 3 aromatic rings. The van der Waals surface area contributed by atoms with Gasteiger partial charge in [-0.25, -0.2) is 0 Å². The van der Waals surface area contributed by atoms with E-state index in [2.05, 4.69) is 44.4 Å². The second-order valence-electron chi connectivity index (χ2n) is 4.81. The van der Waals surface area contributed by atoms with Crippen molar-refractivity contribution in [2.45, 2.75) is 6.04 Å². The Kier molecular flexibility index (Phi) is 4.24. The standard InChI is InChI=1S/C17H14BrClN2/c1-20-17(11-7-8-14(18)15(19)10-11)13-4-2-6-16-12(13)5-3-9-21-16/h2-10,17,20H,1H3. The van der Waals surface area contributed by atoms with Gasteiger partial charge in [0.1, 0.15) is 0 Å². The molecule has 0 aliphatic heterocycles. The topological polar surface area (TPSA) is 24.9 Å². The van der Waals surface area contributed by atoms with Crippen LogP contribution in [0.3, 0.4) is 0 Å². The van der Waals surface area contributed by atoms with E-state index < -0.39 is 0 Å². The van der Waals surface area contributed by atoms with E-state index in [1.54, 1.807) is 0 Å². The summed E-state index contributed by atoms with van der Waals surface area (Å²) in [4.78, 5) is 4.42. The highest BCUT2D eigenvalue weighted by Gasteiger charge is 2.15. The van der Waals surface area contributed by atoms with Gasteiger partial charge in [0.2, 0.25) is 0 Å². The molecule has 0 fully saturated rings. The number of fused-ring (bicyclic) bond motifs is 1. The number of pyridine rings is 1. The first-order valence-electron chi connectivity index (χ1n) is 6.66. The molecule has 0 saturated heterocycles. The van der Waals surface area contributed by atoms with Gasteiger partial charge in [0.05, 0.1) is 16.6 Å². The summed E-state index contributed by atoms with van der Waals surface area (Å²) in [6, 6.07) is 16.4. The number of nitrogens with zero attached hydrogens (tertiary/aromatic N) is 1. The van der Waals surface area contributed by atoms with Crippen LogP contribution in [-0.4, -0.2) is 12.0 Å². The Labute approximate surface area is 137 Å². The average Bonchev–Trinajstić information content (AvgIpc) is 2.52. The fourth-order valence-corrected chi connectivity index (χ4v) is 3.01. The smallest absolute Gasteiger partial charge is 0.0705 e. The highest BCUT2D eigenvalue weighted by atomic mass is 79.9. The second-order valence-corrected chi connectivity index (χ2v) is 6.07. The zero-order chi connectivity index (χ0) is 14.8. The van der Waals surface area contributed by atoms with Gasteiger partial charge in [0.15, 0.2) is 0 Å². The van der Waals surface area contributed by atoms with Gasteiger partial charge >= 0.3 is 0 Å². The lowest BCUT2D eigenvalue weighted by molar-refractivity contribution is 0.696. The molecule has 0 aliphatic carbocycles. The molecule has 1 N–H and O–H groups in total. The van der Waals surface area contributed by atoms with Crippen LogP contribution < -0.4 is 5.32 Å². The number of benzene rings is 2. The van der Waals surface area contributed by atoms with Gasteiger partial charge in [-0.15, -0.1) is 0 Å². The van der Waals surface area contributed by atoms with Crippen LogP contribution in [0.1, 0.15) is 17.2 Å². The summed E-state index contributed by atoms with van der Waals surface area (Å²) in [5.74, 6) is 0. The van der Waals surface area contributed by atoms with E-state index in [4.69, 9.17) is 11.6 Å². The quantitative estimate of drug-likeness (QED) is 0.713. The molecule has 0 aliphatic rings. The minimum Gasteiger partial charge on any atom is -0.309 e. The largest absolute Gasteiger partial charge is 0.309 e. The number of aromatic nitrogens is 1. The number of halogens is 2. The molecule has 1 heterocycles. The van der Waals surface area contributed by atoms with E-state index >= 15 is 0 Å². The van der Waals surface area contributed by atoms with Crippen molar-refractivity contribution in [3.63, 3.8) is 0 Å². The van der Waals surface area contributed by atoms with Crippen LogP contribution in [0, 0.1) is 0 Å². The van der Waals surface area contributed by atoms with Gasteiger partial charge < -0.3 is 5.32 Å². The van der Waals surface area contributed by atoms with Crippen molar-refractivity contribution in [3.8, 4) is 0 Å². The van der Waals surface area contributed by atoms with E-state index in [0.717, 1.165) is 20.9 Å². The second kappa shape index (κ2) is 6.14. The third-order valence-corrected chi connectivity index (χ3v) is 4.79. The van der Waals surface area contributed by atoms with Crippen LogP contribution >= 0.6 is 27.5 Å². The lowest BCUT2D eigenvalue weighted by Gasteiger charge is -2.19. The molecule has 21 heavy (non-hydrogen) atoms. The van der Waals surface area contributed by atoms with Crippen molar-refractivity contribution < 1.29 is 0 Å². The van der Waals surface area contributed by atoms with Crippen molar-refractivity contribution in [1.29, 1.82) is 0 Å². The Hall–Kier alpha value is -1.42. The number of hydrogen-bond acceptors (Lipinski definition) is 2. The normalized spacial score (nSPS) is 12.5. The maximum absolute atomic E-state index is 6.23. The molecule has 0 radical (unpaired) electrons. The molecule has 0 amide bonds. The third kappa shape index (κ3) is 2.82. The summed E-state index contributed by atoms with van der Waals surface area (Å²) in [5.41, 5.74) is 3.32. The van der Waals surface area contributed by atoms with Crippen molar-refractivity contribution in [3.05, 3.63) is 75.4 Å². The molecular weight excluding hydrogens is 348 g/mol. The lowest BCUT2D eigenvalue weighted by Crippen LogP contribution is -2.18. The van der Waals surface area contributed by atoms with Crippen molar-refractivity contribution in [2.24, 2.45) is 0 Å². The first-order chi connectivity index (χ1) is 10.2. The molecule has 4 heteroatoms. The van der Waals surface area contributed by atoms with Crippen molar-refractivity contribution in [1.82, 2.24) is 10.3 Å². The summed E-state index contributed by atoms with van der Waals surface area (Å²) in [5, 5.41) is 5.24. The summed E-state index contributed by atoms with van der Waals surface area (Å²) in [7, 11) is 1.95. The van der Waals surface area contributed by atoms with E-state index in [9.17, 15) is 0 Å². The molecule has 0 spiro atoms. The van der Waals surface area contributed by atoms with Gasteiger partial charge in [-0.3, -0.25) is 4.98 Å². The van der Waals surface area contributed by atoms with Gasteiger partial charge in [-0.1, -0.05) is 35.9 Å². The van der Waals surface area contributed by atoms with Gasteiger partial charge in [-0.05, 0) is 58.4 Å². The first kappa shape index (κ1) is 14.5. The zero-order valence-electron chi connectivity index (χ0n) is 11.5. The monoisotopic (exact) mass is 360 g/mol. The molecule has 1 unspecified atom stereocenters. The lowest BCUT2D eigenvalue weighted by atomic mass is 9.95. The maximum atomic E-state index is 6.23. The van der Waals surface area contributed by atoms with Crippen LogP contribution in [0.5, 0.6) is 0 Å². The third-order valence-electron chi connectivity index (χ3n) is 3.56. The predicted molar refractivity (Wildman–Crippen MR) is 91.8 cm³/mol. The molecular formula is C17H14BrClN2. The highest BCUT2D eigenvalue weighted by Crippen LogP contribution is 2.31. The van der Waals surface area contributed by atoms with Crippen LogP contribution in [-0.2, 0) is 0 Å². The summed E-state index contributed by atoms with van der Waals surface area (Å²) in [6.07, 6.45) is 1.82. The first-order valence-corrected chi connectivity index (χ1v) is 7.83. The molecule has 1 aromatic heterocycles. The number of nitrogens with one attached hydrogen (secondary N) is 1. The van der Waals surface area contributed by atoms with Gasteiger partial charge in [0, 0.05) is 16.1 Å². The van der Waals surface area contributed by atoms with Crippen LogP contribution in [0.15, 0.2) is 59.2 Å². The zero-order valence-corrected chi connectivity index (χ0v) is 13.8.